The second-order valence-corrected chi connectivity index (χ2v) is 4.49. The lowest BCUT2D eigenvalue weighted by atomic mass is 10.0. The number of hydrogen-bond acceptors (Lipinski definition) is 2. The average Bonchev–Trinajstić information content (AvgIpc) is 2.84. The van der Waals surface area contributed by atoms with Crippen LogP contribution in [0.4, 0.5) is 4.39 Å². The lowest BCUT2D eigenvalue weighted by Crippen LogP contribution is -2.12. The van der Waals surface area contributed by atoms with Crippen molar-refractivity contribution in [3.63, 3.8) is 0 Å². The van der Waals surface area contributed by atoms with Crippen LogP contribution in [0.15, 0.2) is 48.5 Å². The molecule has 0 fully saturated rings. The van der Waals surface area contributed by atoms with E-state index in [-0.39, 0.29) is 5.75 Å². The highest BCUT2D eigenvalue weighted by atomic mass is 19.1. The molecule has 2 aromatic carbocycles. The fraction of sp³-hybridized carbons (Fsp3) is 0.0667. The first kappa shape index (κ1) is 11.7. The molecule has 3 rings (SSSR count). The van der Waals surface area contributed by atoms with Crippen molar-refractivity contribution in [1.82, 2.24) is 4.98 Å². The number of nitrogens with two attached hydrogens (primary N) is 1. The van der Waals surface area contributed by atoms with E-state index in [0.29, 0.717) is 5.56 Å². The third-order valence-electron chi connectivity index (χ3n) is 3.21. The highest BCUT2D eigenvalue weighted by Gasteiger charge is 2.16. The zero-order valence-electron chi connectivity index (χ0n) is 10.1. The van der Waals surface area contributed by atoms with E-state index in [1.54, 1.807) is 0 Å². The molecule has 0 aliphatic rings. The number of rotatable bonds is 2. The number of hydrogen-bond donors (Lipinski definition) is 3. The van der Waals surface area contributed by atoms with Crippen molar-refractivity contribution in [2.24, 2.45) is 5.73 Å². The largest absolute Gasteiger partial charge is 0.508 e. The Kier molecular flexibility index (Phi) is 2.72. The van der Waals surface area contributed by atoms with Crippen LogP contribution in [-0.4, -0.2) is 10.1 Å². The number of aromatic hydroxyl groups is 1. The predicted molar refractivity (Wildman–Crippen MR) is 72.4 cm³/mol. The highest BCUT2D eigenvalue weighted by Crippen LogP contribution is 2.29. The zero-order chi connectivity index (χ0) is 13.4. The quantitative estimate of drug-likeness (QED) is 0.660. The minimum absolute atomic E-state index is 0.00689. The lowest BCUT2D eigenvalue weighted by molar-refractivity contribution is 0.462. The van der Waals surface area contributed by atoms with Gasteiger partial charge in [-0.25, -0.2) is 4.39 Å². The molecule has 0 saturated heterocycles. The van der Waals surface area contributed by atoms with Crippen molar-refractivity contribution < 1.29 is 9.50 Å². The molecule has 0 amide bonds. The normalized spacial score (nSPS) is 12.7. The molecule has 3 aromatic rings. The number of H-pyrrole nitrogens is 1. The summed E-state index contributed by atoms with van der Waals surface area (Å²) in [6.07, 6.45) is 0. The summed E-state index contributed by atoms with van der Waals surface area (Å²) in [5.41, 5.74) is 8.16. The summed E-state index contributed by atoms with van der Waals surface area (Å²) >= 11 is 0. The Bertz CT molecular complexity index is 703. The molecule has 1 aromatic heterocycles. The molecule has 1 atom stereocenters. The van der Waals surface area contributed by atoms with Gasteiger partial charge in [0.25, 0.3) is 0 Å². The standard InChI is InChI=1S/C15H13FN2O/c16-10-5-6-14(19)11(8-10)15(17)13-7-9-3-1-2-4-12(9)18-13/h1-8,15,18-19H,17H2/t15-/m0/s1. The third kappa shape index (κ3) is 2.06. The second-order valence-electron chi connectivity index (χ2n) is 4.49. The smallest absolute Gasteiger partial charge is 0.123 e. The summed E-state index contributed by atoms with van der Waals surface area (Å²) in [7, 11) is 0. The second kappa shape index (κ2) is 4.40. The first-order chi connectivity index (χ1) is 9.15. The van der Waals surface area contributed by atoms with Gasteiger partial charge >= 0.3 is 0 Å². The monoisotopic (exact) mass is 256 g/mol. The van der Waals surface area contributed by atoms with E-state index in [9.17, 15) is 9.50 Å². The molecular weight excluding hydrogens is 243 g/mol. The number of phenols is 1. The summed E-state index contributed by atoms with van der Waals surface area (Å²) in [6, 6.07) is 12.9. The SMILES string of the molecule is N[C@H](c1cc2ccccc2[nH]1)c1cc(F)ccc1O. The summed E-state index contributed by atoms with van der Waals surface area (Å²) < 4.78 is 13.3. The molecule has 0 radical (unpaired) electrons. The maximum atomic E-state index is 13.3. The predicted octanol–water partition coefficient (Wildman–Crippen LogP) is 3.06. The number of fused-ring (bicyclic) bond motifs is 1. The van der Waals surface area contributed by atoms with Gasteiger partial charge in [0.1, 0.15) is 11.6 Å². The number of aromatic nitrogens is 1. The van der Waals surface area contributed by atoms with Gasteiger partial charge < -0.3 is 15.8 Å². The molecule has 19 heavy (non-hydrogen) atoms. The Balaban J connectivity index is 2.07. The van der Waals surface area contributed by atoms with E-state index in [1.807, 2.05) is 30.3 Å². The van der Waals surface area contributed by atoms with Crippen LogP contribution >= 0.6 is 0 Å². The molecule has 0 saturated carbocycles. The van der Waals surface area contributed by atoms with Gasteiger partial charge in [-0.2, -0.15) is 0 Å². The molecule has 96 valence electrons. The van der Waals surface area contributed by atoms with E-state index >= 15 is 0 Å². The van der Waals surface area contributed by atoms with Crippen molar-refractivity contribution in [3.8, 4) is 5.75 Å². The van der Waals surface area contributed by atoms with Gasteiger partial charge in [-0.3, -0.25) is 0 Å². The molecule has 0 bridgehead atoms. The van der Waals surface area contributed by atoms with Gasteiger partial charge in [0.15, 0.2) is 0 Å². The zero-order valence-corrected chi connectivity index (χ0v) is 10.1. The van der Waals surface area contributed by atoms with E-state index in [2.05, 4.69) is 4.98 Å². The number of halogens is 1. The Hall–Kier alpha value is -2.33. The summed E-state index contributed by atoms with van der Waals surface area (Å²) in [5.74, 6) is -0.424. The van der Waals surface area contributed by atoms with Gasteiger partial charge in [-0.05, 0) is 35.7 Å². The van der Waals surface area contributed by atoms with Gasteiger partial charge in [0, 0.05) is 16.8 Å². The van der Waals surface area contributed by atoms with Gasteiger partial charge in [0.2, 0.25) is 0 Å². The molecule has 0 aliphatic carbocycles. The van der Waals surface area contributed by atoms with Crippen LogP contribution in [0.2, 0.25) is 0 Å². The van der Waals surface area contributed by atoms with Gasteiger partial charge in [-0.1, -0.05) is 18.2 Å². The Morgan fingerprint density at radius 1 is 1.11 bits per heavy atom. The van der Waals surface area contributed by atoms with Crippen LogP contribution in [-0.2, 0) is 0 Å². The Morgan fingerprint density at radius 2 is 1.89 bits per heavy atom. The maximum Gasteiger partial charge on any atom is 0.123 e. The van der Waals surface area contributed by atoms with E-state index in [4.69, 9.17) is 5.73 Å². The fourth-order valence-electron chi connectivity index (χ4n) is 2.21. The minimum atomic E-state index is -0.594. The Labute approximate surface area is 109 Å². The number of benzene rings is 2. The first-order valence-electron chi connectivity index (χ1n) is 5.97. The maximum absolute atomic E-state index is 13.3. The third-order valence-corrected chi connectivity index (χ3v) is 3.21. The van der Waals surface area contributed by atoms with Crippen LogP contribution in [0.5, 0.6) is 5.75 Å². The van der Waals surface area contributed by atoms with Crippen LogP contribution in [0.1, 0.15) is 17.3 Å². The average molecular weight is 256 g/mol. The number of para-hydroxylation sites is 1. The van der Waals surface area contributed by atoms with Gasteiger partial charge in [0.05, 0.1) is 6.04 Å². The highest BCUT2D eigenvalue weighted by molar-refractivity contribution is 5.80. The molecule has 1 heterocycles. The topological polar surface area (TPSA) is 62.0 Å². The Morgan fingerprint density at radius 3 is 2.68 bits per heavy atom. The molecule has 4 N–H and O–H groups in total. The van der Waals surface area contributed by atoms with Crippen molar-refractivity contribution in [2.75, 3.05) is 0 Å². The number of nitrogens with one attached hydrogen (secondary N) is 1. The molecule has 0 aliphatic heterocycles. The molecule has 4 heteroatoms. The van der Waals surface area contributed by atoms with Crippen molar-refractivity contribution >= 4 is 10.9 Å². The van der Waals surface area contributed by atoms with Gasteiger partial charge in [-0.15, -0.1) is 0 Å². The first-order valence-corrected chi connectivity index (χ1v) is 5.97. The molecule has 0 spiro atoms. The van der Waals surface area contributed by atoms with Crippen molar-refractivity contribution in [1.29, 1.82) is 0 Å². The minimum Gasteiger partial charge on any atom is -0.508 e. The molecule has 0 unspecified atom stereocenters. The molecular formula is C15H13FN2O. The van der Waals surface area contributed by atoms with E-state index < -0.39 is 11.9 Å². The van der Waals surface area contributed by atoms with E-state index in [1.165, 1.54) is 18.2 Å². The molecule has 3 nitrogen and oxygen atoms in total. The summed E-state index contributed by atoms with van der Waals surface area (Å²) in [4.78, 5) is 3.18. The van der Waals surface area contributed by atoms with Crippen LogP contribution in [0.3, 0.4) is 0 Å². The number of aromatic amines is 1. The van der Waals surface area contributed by atoms with Crippen LogP contribution in [0.25, 0.3) is 10.9 Å². The summed E-state index contributed by atoms with van der Waals surface area (Å²) in [5, 5.41) is 10.8. The fourth-order valence-corrected chi connectivity index (χ4v) is 2.21. The lowest BCUT2D eigenvalue weighted by Gasteiger charge is -2.12. The van der Waals surface area contributed by atoms with E-state index in [0.717, 1.165) is 16.6 Å². The summed E-state index contributed by atoms with van der Waals surface area (Å²) in [6.45, 7) is 0. The van der Waals surface area contributed by atoms with Crippen LogP contribution in [0, 0.1) is 5.82 Å². The van der Waals surface area contributed by atoms with Crippen LogP contribution < -0.4 is 5.73 Å². The van der Waals surface area contributed by atoms with Crippen molar-refractivity contribution in [3.05, 3.63) is 65.6 Å². The number of phenolic OH excluding ortho intramolecular Hbond substituents is 1. The van der Waals surface area contributed by atoms with Crippen molar-refractivity contribution in [2.45, 2.75) is 6.04 Å².